The normalized spacial score (nSPS) is 28.7. The molecule has 44 heavy (non-hydrogen) atoms. The second-order valence-electron chi connectivity index (χ2n) is 15.3. The van der Waals surface area contributed by atoms with Crippen molar-refractivity contribution in [3.63, 3.8) is 0 Å². The predicted octanol–water partition coefficient (Wildman–Crippen LogP) is 5.45. The molecule has 4 rings (SSSR count). The van der Waals surface area contributed by atoms with Crippen molar-refractivity contribution >= 4 is 29.1 Å². The Morgan fingerprint density at radius 3 is 2.16 bits per heavy atom. The van der Waals surface area contributed by atoms with Gasteiger partial charge in [0.1, 0.15) is 22.8 Å². The molecule has 3 aliphatic rings. The number of aliphatic hydroxyl groups is 3. The Balaban J connectivity index is 1.98. The summed E-state index contributed by atoms with van der Waals surface area (Å²) < 4.78 is 5.42. The third-order valence-electron chi connectivity index (χ3n) is 9.74. The molecule has 0 spiro atoms. The van der Waals surface area contributed by atoms with Gasteiger partial charge in [0.25, 0.3) is 0 Å². The van der Waals surface area contributed by atoms with E-state index in [-0.39, 0.29) is 59.7 Å². The number of rotatable bonds is 6. The number of phenols is 1. The minimum Gasteiger partial charge on any atom is -0.508 e. The molecule has 1 fully saturated rings. The van der Waals surface area contributed by atoms with E-state index < -0.39 is 68.7 Å². The average molecular weight is 611 g/mol. The van der Waals surface area contributed by atoms with Crippen LogP contribution in [0, 0.1) is 28.1 Å². The fourth-order valence-corrected chi connectivity index (χ4v) is 8.02. The van der Waals surface area contributed by atoms with Gasteiger partial charge in [0.2, 0.25) is 5.78 Å². The number of hydrogen-bond donors (Lipinski definition) is 4. The van der Waals surface area contributed by atoms with E-state index >= 15 is 0 Å². The lowest BCUT2D eigenvalue weighted by atomic mass is 9.43. The molecule has 0 saturated heterocycles. The van der Waals surface area contributed by atoms with Crippen LogP contribution in [-0.4, -0.2) is 56.0 Å². The number of hydrogen-bond acceptors (Lipinski definition) is 9. The van der Waals surface area contributed by atoms with Crippen LogP contribution >= 0.6 is 0 Å². The minimum absolute atomic E-state index is 0.00888. The molecule has 0 aromatic heterocycles. The first-order valence-electron chi connectivity index (χ1n) is 15.3. The summed E-state index contributed by atoms with van der Waals surface area (Å²) in [5.41, 5.74) is -4.81. The molecule has 9 nitrogen and oxygen atoms in total. The lowest BCUT2D eigenvalue weighted by Crippen LogP contribution is -2.69. The van der Waals surface area contributed by atoms with E-state index in [9.17, 15) is 39.6 Å². The summed E-state index contributed by atoms with van der Waals surface area (Å²) in [6, 6.07) is 1.73. The number of aromatic hydroxyl groups is 1. The molecule has 1 aromatic rings. The zero-order valence-corrected chi connectivity index (χ0v) is 27.5. The molecule has 3 aliphatic carbocycles. The summed E-state index contributed by atoms with van der Waals surface area (Å²) in [6.07, 6.45) is -0.0729. The van der Waals surface area contributed by atoms with Gasteiger partial charge in [-0.2, -0.15) is 0 Å². The van der Waals surface area contributed by atoms with Crippen molar-refractivity contribution in [2.75, 3.05) is 6.61 Å². The van der Waals surface area contributed by atoms with E-state index in [4.69, 9.17) is 4.74 Å². The molecule has 4 N–H and O–H groups in total. The molecule has 0 radical (unpaired) electrons. The number of fused-ring (bicyclic) bond motifs is 3. The van der Waals surface area contributed by atoms with Crippen LogP contribution < -0.4 is 0 Å². The van der Waals surface area contributed by atoms with Gasteiger partial charge in [-0.15, -0.1) is 0 Å². The SMILES string of the molecule is CC(=O)C1=C(O)[C@]2(O)C(=O)C3=C(O)c4c(O)c(CC(=O)OCC(C)(C)C)cc(C(C)C)c4C[C@]3(C)C[C@]2(C)C(C(C)C)C1=O. The van der Waals surface area contributed by atoms with Crippen molar-refractivity contribution in [3.05, 3.63) is 45.2 Å². The molecule has 1 unspecified atom stereocenters. The van der Waals surface area contributed by atoms with Crippen LogP contribution in [0.2, 0.25) is 0 Å². The number of carbonyl (C=O) groups excluding carboxylic acids is 4. The highest BCUT2D eigenvalue weighted by Crippen LogP contribution is 2.65. The van der Waals surface area contributed by atoms with E-state index in [0.29, 0.717) is 5.56 Å². The molecular weight excluding hydrogens is 564 g/mol. The van der Waals surface area contributed by atoms with E-state index in [1.165, 1.54) is 0 Å². The molecule has 240 valence electrons. The molecule has 1 saturated carbocycles. The first kappa shape index (κ1) is 33.4. The van der Waals surface area contributed by atoms with Gasteiger partial charge in [-0.3, -0.25) is 19.2 Å². The summed E-state index contributed by atoms with van der Waals surface area (Å²) in [4.78, 5) is 53.5. The van der Waals surface area contributed by atoms with Crippen molar-refractivity contribution in [2.45, 2.75) is 100 Å². The quantitative estimate of drug-likeness (QED) is 0.243. The highest BCUT2D eigenvalue weighted by atomic mass is 16.5. The number of aliphatic hydroxyl groups excluding tert-OH is 2. The van der Waals surface area contributed by atoms with E-state index in [1.54, 1.807) is 33.8 Å². The largest absolute Gasteiger partial charge is 0.508 e. The summed E-state index contributed by atoms with van der Waals surface area (Å²) >= 11 is 0. The Hall–Kier alpha value is -3.46. The van der Waals surface area contributed by atoms with Crippen LogP contribution in [0.15, 0.2) is 23.0 Å². The average Bonchev–Trinajstić information content (AvgIpc) is 2.85. The van der Waals surface area contributed by atoms with Crippen LogP contribution in [0.4, 0.5) is 0 Å². The third-order valence-corrected chi connectivity index (χ3v) is 9.74. The van der Waals surface area contributed by atoms with Crippen LogP contribution in [0.1, 0.15) is 104 Å². The maximum Gasteiger partial charge on any atom is 0.310 e. The van der Waals surface area contributed by atoms with Crippen molar-refractivity contribution in [2.24, 2.45) is 28.1 Å². The van der Waals surface area contributed by atoms with Crippen molar-refractivity contribution in [1.82, 2.24) is 0 Å². The van der Waals surface area contributed by atoms with E-state index in [1.807, 2.05) is 34.6 Å². The molecule has 9 heteroatoms. The zero-order chi connectivity index (χ0) is 33.5. The molecule has 0 amide bonds. The summed E-state index contributed by atoms with van der Waals surface area (Å²) in [6.45, 7) is 17.8. The van der Waals surface area contributed by atoms with Crippen molar-refractivity contribution in [1.29, 1.82) is 0 Å². The molecule has 0 heterocycles. The molecular formula is C35H46O9. The smallest absolute Gasteiger partial charge is 0.310 e. The lowest BCUT2D eigenvalue weighted by molar-refractivity contribution is -0.178. The first-order valence-corrected chi connectivity index (χ1v) is 15.3. The number of carbonyl (C=O) groups is 4. The van der Waals surface area contributed by atoms with Gasteiger partial charge in [0.15, 0.2) is 17.2 Å². The fourth-order valence-electron chi connectivity index (χ4n) is 8.02. The lowest BCUT2D eigenvalue weighted by Gasteiger charge is -2.59. The standard InChI is InChI=1S/C35H46O9/c1-16(2)20-11-19(12-22(37)44-15-32(6,7)8)27(38)24-21(20)13-33(9)14-34(10)25(17(3)4)28(39)23(18(5)36)30(41)35(34,43)31(42)26(33)29(24)40/h11,16-17,25,38,40-41,43H,12-15H2,1-10H3/t25?,33-,34-,35+/m1/s1. The second-order valence-corrected chi connectivity index (χ2v) is 15.3. The van der Waals surface area contributed by atoms with Gasteiger partial charge in [-0.1, -0.05) is 68.4 Å². The van der Waals surface area contributed by atoms with Crippen LogP contribution in [0.3, 0.4) is 0 Å². The van der Waals surface area contributed by atoms with E-state index in [2.05, 4.69) is 0 Å². The minimum atomic E-state index is -2.68. The highest BCUT2D eigenvalue weighted by molar-refractivity contribution is 6.24. The second kappa shape index (κ2) is 10.6. The number of ether oxygens (including phenoxy) is 1. The van der Waals surface area contributed by atoms with Gasteiger partial charge in [0.05, 0.1) is 18.6 Å². The van der Waals surface area contributed by atoms with Gasteiger partial charge in [-0.25, -0.2) is 0 Å². The fraction of sp³-hybridized carbons (Fsp3) is 0.600. The zero-order valence-electron chi connectivity index (χ0n) is 27.5. The number of phenolic OH excluding ortho intramolecular Hbond substituents is 1. The number of esters is 1. The number of benzene rings is 1. The highest BCUT2D eigenvalue weighted by Gasteiger charge is 2.72. The Morgan fingerprint density at radius 2 is 1.66 bits per heavy atom. The Bertz CT molecular complexity index is 1540. The summed E-state index contributed by atoms with van der Waals surface area (Å²) in [7, 11) is 0. The Labute approximate surface area is 259 Å². The van der Waals surface area contributed by atoms with Gasteiger partial charge in [-0.05, 0) is 48.1 Å². The van der Waals surface area contributed by atoms with Gasteiger partial charge < -0.3 is 25.2 Å². The Morgan fingerprint density at radius 1 is 1.07 bits per heavy atom. The molecule has 4 atom stereocenters. The maximum absolute atomic E-state index is 14.5. The number of allylic oxidation sites excluding steroid dienone is 1. The molecule has 0 aliphatic heterocycles. The van der Waals surface area contributed by atoms with Crippen LogP contribution in [0.25, 0.3) is 5.76 Å². The maximum atomic E-state index is 14.5. The van der Waals surface area contributed by atoms with Crippen LogP contribution in [-0.2, 0) is 36.8 Å². The number of ketones is 3. The third kappa shape index (κ3) is 4.78. The summed E-state index contributed by atoms with van der Waals surface area (Å²) in [5.74, 6) is -6.39. The van der Waals surface area contributed by atoms with Crippen molar-refractivity contribution in [3.8, 4) is 5.75 Å². The molecule has 1 aromatic carbocycles. The first-order chi connectivity index (χ1) is 20.0. The van der Waals surface area contributed by atoms with Crippen molar-refractivity contribution < 1.29 is 44.3 Å². The van der Waals surface area contributed by atoms with Gasteiger partial charge in [0, 0.05) is 27.9 Å². The Kier molecular flexibility index (Phi) is 8.03. The van der Waals surface area contributed by atoms with Crippen LogP contribution in [0.5, 0.6) is 5.75 Å². The predicted molar refractivity (Wildman–Crippen MR) is 164 cm³/mol. The topological polar surface area (TPSA) is 158 Å². The summed E-state index contributed by atoms with van der Waals surface area (Å²) in [5, 5.41) is 46.9. The van der Waals surface area contributed by atoms with Gasteiger partial charge >= 0.3 is 5.97 Å². The van der Waals surface area contributed by atoms with E-state index in [0.717, 1.165) is 12.5 Å². The molecule has 0 bridgehead atoms. The monoisotopic (exact) mass is 610 g/mol. The number of Topliss-reactive ketones (excluding diaryl/α,β-unsaturated/α-hetero) is 3.